The molecule has 0 aliphatic heterocycles. The molecule has 66 heavy (non-hydrogen) atoms. The Morgan fingerprint density at radius 3 is 0.939 bits per heavy atom. The van der Waals surface area contributed by atoms with Gasteiger partial charge in [-0.25, -0.2) is 24.9 Å². The van der Waals surface area contributed by atoms with Crippen molar-refractivity contribution in [2.75, 3.05) is 0 Å². The summed E-state index contributed by atoms with van der Waals surface area (Å²) in [5.41, 5.74) is 16.9. The van der Waals surface area contributed by atoms with Crippen LogP contribution >= 0.6 is 0 Å². The van der Waals surface area contributed by atoms with Gasteiger partial charge in [-0.15, -0.1) is 0 Å². The van der Waals surface area contributed by atoms with Crippen molar-refractivity contribution in [2.45, 2.75) is 0 Å². The van der Waals surface area contributed by atoms with Gasteiger partial charge in [-0.2, -0.15) is 0 Å². The molecule has 310 valence electrons. The Hall–Kier alpha value is -9.07. The lowest BCUT2D eigenvalue weighted by atomic mass is 9.96. The van der Waals surface area contributed by atoms with E-state index in [2.05, 4.69) is 185 Å². The van der Waals surface area contributed by atoms with Crippen molar-refractivity contribution in [2.24, 2.45) is 0 Å². The van der Waals surface area contributed by atoms with Crippen LogP contribution in [0.25, 0.3) is 113 Å². The molecule has 12 rings (SSSR count). The van der Waals surface area contributed by atoms with Gasteiger partial charge >= 0.3 is 0 Å². The van der Waals surface area contributed by atoms with E-state index in [1.807, 2.05) is 60.7 Å². The van der Waals surface area contributed by atoms with Crippen molar-refractivity contribution >= 4 is 11.3 Å². The number of pyridine rings is 2. The molecule has 0 spiro atoms. The van der Waals surface area contributed by atoms with Crippen LogP contribution in [0.4, 0.5) is 0 Å². The van der Waals surface area contributed by atoms with Crippen molar-refractivity contribution in [3.63, 3.8) is 0 Å². The summed E-state index contributed by atoms with van der Waals surface area (Å²) in [4.78, 5) is 25.9. The van der Waals surface area contributed by atoms with Gasteiger partial charge in [-0.3, -0.25) is 8.80 Å². The van der Waals surface area contributed by atoms with Gasteiger partial charge in [0.05, 0.1) is 22.8 Å². The van der Waals surface area contributed by atoms with E-state index in [4.69, 9.17) is 24.9 Å². The number of fused-ring (bicyclic) bond motifs is 2. The van der Waals surface area contributed by atoms with E-state index in [1.54, 1.807) is 0 Å². The minimum atomic E-state index is 0.576. The van der Waals surface area contributed by atoms with Crippen LogP contribution in [0, 0.1) is 0 Å². The van der Waals surface area contributed by atoms with Gasteiger partial charge < -0.3 is 0 Å². The summed E-state index contributed by atoms with van der Waals surface area (Å²) in [6.45, 7) is 0. The van der Waals surface area contributed by atoms with Gasteiger partial charge in [0.1, 0.15) is 11.3 Å². The van der Waals surface area contributed by atoms with Gasteiger partial charge in [0.2, 0.25) is 0 Å². The molecular weight excluding hydrogens is 807 g/mol. The zero-order chi connectivity index (χ0) is 43.8. The minimum Gasteiger partial charge on any atom is -0.299 e. The number of nitrogens with zero attached hydrogens (tertiary/aromatic N) is 7. The topological polar surface area (TPSA) is 73.3 Å². The van der Waals surface area contributed by atoms with Crippen LogP contribution in [0.3, 0.4) is 0 Å². The molecule has 0 saturated carbocycles. The molecule has 0 aliphatic carbocycles. The third kappa shape index (κ3) is 7.20. The smallest absolute Gasteiger partial charge is 0.164 e. The second-order valence-corrected chi connectivity index (χ2v) is 16.2. The average Bonchev–Trinajstić information content (AvgIpc) is 3.99. The predicted molar refractivity (Wildman–Crippen MR) is 266 cm³/mol. The lowest BCUT2D eigenvalue weighted by Crippen LogP contribution is -2.01. The molecule has 0 unspecified atom stereocenters. The largest absolute Gasteiger partial charge is 0.299 e. The molecule has 0 aliphatic rings. The van der Waals surface area contributed by atoms with Gasteiger partial charge in [-0.1, -0.05) is 182 Å². The Bertz CT molecular complexity index is 3420. The van der Waals surface area contributed by atoms with E-state index < -0.39 is 0 Å². The molecule has 7 heteroatoms. The van der Waals surface area contributed by atoms with Crippen molar-refractivity contribution < 1.29 is 0 Å². The number of benzene rings is 7. The molecule has 0 N–H and O–H groups in total. The van der Waals surface area contributed by atoms with E-state index in [0.29, 0.717) is 17.5 Å². The maximum Gasteiger partial charge on any atom is 0.164 e. The van der Waals surface area contributed by atoms with E-state index in [0.717, 1.165) is 95.3 Å². The summed E-state index contributed by atoms with van der Waals surface area (Å²) >= 11 is 0. The Balaban J connectivity index is 1.01. The lowest BCUT2D eigenvalue weighted by molar-refractivity contribution is 1.07. The van der Waals surface area contributed by atoms with Gasteiger partial charge in [0.25, 0.3) is 0 Å². The highest BCUT2D eigenvalue weighted by atomic mass is 15.0. The second kappa shape index (κ2) is 16.6. The summed E-state index contributed by atoms with van der Waals surface area (Å²) in [7, 11) is 0. The molecule has 5 aromatic heterocycles. The predicted octanol–water partition coefficient (Wildman–Crippen LogP) is 14.2. The van der Waals surface area contributed by atoms with Crippen LogP contribution in [-0.2, 0) is 0 Å². The number of aromatic nitrogens is 7. The minimum absolute atomic E-state index is 0.576. The molecule has 0 radical (unpaired) electrons. The first-order valence-corrected chi connectivity index (χ1v) is 22.0. The van der Waals surface area contributed by atoms with Crippen LogP contribution in [0.2, 0.25) is 0 Å². The molecular formula is C59H39N7. The number of hydrogen-bond acceptors (Lipinski definition) is 5. The third-order valence-corrected chi connectivity index (χ3v) is 12.0. The SMILES string of the molecule is c1ccc(-c2cc(-c3ccccc3)cc(-c3nc(-c4ccc(-c5c(-c6ccccc6)nc6ccccn56)cc4)nc(-c4ccc(-c5c(-c6ccccc6)nc6ccccn56)cc4)n3)c2)cc1. The lowest BCUT2D eigenvalue weighted by Gasteiger charge is -2.13. The highest BCUT2D eigenvalue weighted by molar-refractivity contribution is 5.85. The van der Waals surface area contributed by atoms with Crippen molar-refractivity contribution in [1.29, 1.82) is 0 Å². The first-order chi connectivity index (χ1) is 32.7. The number of imidazole rings is 2. The Kier molecular flexibility index (Phi) is 9.69. The van der Waals surface area contributed by atoms with Crippen molar-refractivity contribution in [3.8, 4) is 101 Å². The monoisotopic (exact) mass is 845 g/mol. The van der Waals surface area contributed by atoms with Crippen molar-refractivity contribution in [1.82, 2.24) is 33.7 Å². The van der Waals surface area contributed by atoms with Crippen LogP contribution in [0.15, 0.2) is 237 Å². The molecule has 0 amide bonds. The van der Waals surface area contributed by atoms with Crippen LogP contribution in [0.1, 0.15) is 0 Å². The van der Waals surface area contributed by atoms with Crippen LogP contribution in [-0.4, -0.2) is 33.7 Å². The van der Waals surface area contributed by atoms with E-state index in [1.165, 1.54) is 0 Å². The summed E-state index contributed by atoms with van der Waals surface area (Å²) < 4.78 is 4.31. The molecule has 7 aromatic carbocycles. The normalized spacial score (nSPS) is 11.3. The molecule has 7 nitrogen and oxygen atoms in total. The maximum absolute atomic E-state index is 5.26. The fraction of sp³-hybridized carbons (Fsp3) is 0. The Morgan fingerprint density at radius 1 is 0.227 bits per heavy atom. The first-order valence-electron chi connectivity index (χ1n) is 22.0. The third-order valence-electron chi connectivity index (χ3n) is 12.0. The molecule has 0 fully saturated rings. The summed E-state index contributed by atoms with van der Waals surface area (Å²) in [6, 6.07) is 77.4. The molecule has 0 atom stereocenters. The zero-order valence-corrected chi connectivity index (χ0v) is 35.6. The quantitative estimate of drug-likeness (QED) is 0.145. The average molecular weight is 846 g/mol. The molecule has 0 bridgehead atoms. The number of rotatable bonds is 9. The second-order valence-electron chi connectivity index (χ2n) is 16.2. The molecule has 12 aromatic rings. The fourth-order valence-electron chi connectivity index (χ4n) is 8.81. The van der Waals surface area contributed by atoms with Crippen molar-refractivity contribution in [3.05, 3.63) is 237 Å². The summed E-state index contributed by atoms with van der Waals surface area (Å²) in [5, 5.41) is 0. The van der Waals surface area contributed by atoms with Gasteiger partial charge in [0, 0.05) is 51.3 Å². The highest BCUT2D eigenvalue weighted by Gasteiger charge is 2.20. The van der Waals surface area contributed by atoms with Gasteiger partial charge in [-0.05, 0) is 64.7 Å². The van der Waals surface area contributed by atoms with E-state index in [-0.39, 0.29) is 0 Å². The highest BCUT2D eigenvalue weighted by Crippen LogP contribution is 2.38. The Morgan fingerprint density at radius 2 is 0.545 bits per heavy atom. The van der Waals surface area contributed by atoms with Crippen LogP contribution < -0.4 is 0 Å². The first kappa shape index (κ1) is 38.6. The zero-order valence-electron chi connectivity index (χ0n) is 35.6. The molecule has 5 heterocycles. The van der Waals surface area contributed by atoms with Crippen LogP contribution in [0.5, 0.6) is 0 Å². The number of hydrogen-bond donors (Lipinski definition) is 0. The Labute approximate surface area is 381 Å². The standard InChI is InChI=1S/C59H39N7/c1-5-17-40(18-6-1)48-37-49(41-19-7-2-8-20-41)39-50(38-48)59-63-57(46-31-27-44(28-32-46)55-53(42-21-9-3-10-22-42)60-51-25-13-15-35-65(51)55)62-58(64-59)47-33-29-45(30-34-47)56-54(43-23-11-4-12-24-43)61-52-26-14-16-36-66(52)56/h1-39H. The van der Waals surface area contributed by atoms with Gasteiger partial charge in [0.15, 0.2) is 17.5 Å². The summed E-state index contributed by atoms with van der Waals surface area (Å²) in [6.07, 6.45) is 4.14. The van der Waals surface area contributed by atoms with E-state index in [9.17, 15) is 0 Å². The van der Waals surface area contributed by atoms with E-state index >= 15 is 0 Å². The maximum atomic E-state index is 5.26. The fourth-order valence-corrected chi connectivity index (χ4v) is 8.81. The summed E-state index contributed by atoms with van der Waals surface area (Å²) in [5.74, 6) is 1.73. The molecule has 0 saturated heterocycles.